The number of amides is 1. The van der Waals surface area contributed by atoms with Crippen LogP contribution < -0.4 is 5.43 Å². The van der Waals surface area contributed by atoms with Gasteiger partial charge >= 0.3 is 6.18 Å². The molecule has 22 heavy (non-hydrogen) atoms. The number of alkyl halides is 3. The van der Waals surface area contributed by atoms with Crippen molar-refractivity contribution in [3.63, 3.8) is 0 Å². The molecule has 2 rings (SSSR count). The van der Waals surface area contributed by atoms with Crippen molar-refractivity contribution in [2.75, 3.05) is 0 Å². The van der Waals surface area contributed by atoms with E-state index in [-0.39, 0.29) is 12.8 Å². The van der Waals surface area contributed by atoms with Crippen LogP contribution in [-0.4, -0.2) is 28.7 Å². The molecule has 1 aromatic carbocycles. The van der Waals surface area contributed by atoms with E-state index in [1.807, 2.05) is 6.07 Å². The van der Waals surface area contributed by atoms with Crippen LogP contribution >= 0.6 is 0 Å². The van der Waals surface area contributed by atoms with Gasteiger partial charge in [-0.05, 0) is 38.0 Å². The van der Waals surface area contributed by atoms with Crippen LogP contribution in [-0.2, 0) is 11.2 Å². The summed E-state index contributed by atoms with van der Waals surface area (Å²) in [5.74, 6) is -0.418. The standard InChI is InChI=1S/C15H16F3N3O/c1-14(2)8-13(22)20-21(14)12(15(16,17)18)7-10-3-5-11(9-19)6-4-10/h3-6,12H,7-8H2,1-2H3,(H,20,22)/t12-/m0/s1. The Bertz CT molecular complexity index is 602. The summed E-state index contributed by atoms with van der Waals surface area (Å²) < 4.78 is 40.3. The molecule has 0 unspecified atom stereocenters. The fourth-order valence-corrected chi connectivity index (χ4v) is 2.60. The van der Waals surface area contributed by atoms with Crippen LogP contribution in [0.5, 0.6) is 0 Å². The van der Waals surface area contributed by atoms with Crippen molar-refractivity contribution in [1.82, 2.24) is 10.4 Å². The minimum atomic E-state index is -4.48. The highest BCUT2D eigenvalue weighted by Crippen LogP contribution is 2.34. The largest absolute Gasteiger partial charge is 0.406 e. The van der Waals surface area contributed by atoms with Gasteiger partial charge in [0.05, 0.1) is 11.6 Å². The van der Waals surface area contributed by atoms with E-state index in [1.54, 1.807) is 13.8 Å². The van der Waals surface area contributed by atoms with Gasteiger partial charge in [-0.1, -0.05) is 12.1 Å². The number of hydrogen-bond acceptors (Lipinski definition) is 3. The first kappa shape index (κ1) is 16.3. The zero-order valence-corrected chi connectivity index (χ0v) is 12.2. The average molecular weight is 311 g/mol. The SMILES string of the molecule is CC1(C)CC(=O)NN1[C@@H](Cc1ccc(C#N)cc1)C(F)(F)F. The topological polar surface area (TPSA) is 56.1 Å². The third kappa shape index (κ3) is 3.39. The maximum Gasteiger partial charge on any atom is 0.406 e. The number of benzene rings is 1. The van der Waals surface area contributed by atoms with Crippen molar-refractivity contribution in [2.24, 2.45) is 0 Å². The molecule has 1 aliphatic heterocycles. The number of carbonyl (C=O) groups is 1. The summed E-state index contributed by atoms with van der Waals surface area (Å²) in [6.45, 7) is 3.20. The van der Waals surface area contributed by atoms with E-state index >= 15 is 0 Å². The van der Waals surface area contributed by atoms with Crippen LogP contribution in [0.15, 0.2) is 24.3 Å². The summed E-state index contributed by atoms with van der Waals surface area (Å²) in [4.78, 5) is 11.5. The van der Waals surface area contributed by atoms with Gasteiger partial charge in [0.2, 0.25) is 5.91 Å². The minimum absolute atomic E-state index is 0.0208. The molecule has 1 aromatic rings. The second kappa shape index (κ2) is 5.61. The first-order valence-corrected chi connectivity index (χ1v) is 6.78. The molecule has 7 heteroatoms. The molecule has 1 amide bonds. The molecule has 0 aromatic heterocycles. The lowest BCUT2D eigenvalue weighted by Gasteiger charge is -2.37. The number of nitriles is 1. The highest BCUT2D eigenvalue weighted by Gasteiger charge is 2.51. The third-order valence-electron chi connectivity index (χ3n) is 3.69. The predicted molar refractivity (Wildman–Crippen MR) is 73.4 cm³/mol. The fourth-order valence-electron chi connectivity index (χ4n) is 2.60. The molecule has 0 bridgehead atoms. The van der Waals surface area contributed by atoms with Crippen LogP contribution in [0, 0.1) is 11.3 Å². The Hall–Kier alpha value is -2.07. The molecule has 4 nitrogen and oxygen atoms in total. The summed E-state index contributed by atoms with van der Waals surface area (Å²) in [6.07, 6.45) is -4.76. The maximum atomic E-state index is 13.4. The molecule has 1 N–H and O–H groups in total. The van der Waals surface area contributed by atoms with Gasteiger partial charge in [-0.15, -0.1) is 0 Å². The van der Waals surface area contributed by atoms with E-state index in [0.717, 1.165) is 5.01 Å². The summed E-state index contributed by atoms with van der Waals surface area (Å²) in [5, 5.41) is 9.72. The van der Waals surface area contributed by atoms with Crippen LogP contribution in [0.3, 0.4) is 0 Å². The zero-order valence-electron chi connectivity index (χ0n) is 12.2. The Labute approximate surface area is 126 Å². The maximum absolute atomic E-state index is 13.4. The molecule has 1 atom stereocenters. The molecule has 1 aliphatic rings. The van der Waals surface area contributed by atoms with Gasteiger partial charge in [0.25, 0.3) is 0 Å². The number of hydrogen-bond donors (Lipinski definition) is 1. The highest BCUT2D eigenvalue weighted by atomic mass is 19.4. The van der Waals surface area contributed by atoms with Gasteiger partial charge in [0.1, 0.15) is 6.04 Å². The molecule has 0 aliphatic carbocycles. The van der Waals surface area contributed by atoms with Crippen LogP contribution in [0.4, 0.5) is 13.2 Å². The average Bonchev–Trinajstić information content (AvgIpc) is 2.68. The summed E-state index contributed by atoms with van der Waals surface area (Å²) in [5.41, 5.74) is 2.25. The van der Waals surface area contributed by atoms with E-state index in [2.05, 4.69) is 5.43 Å². The second-order valence-corrected chi connectivity index (χ2v) is 5.96. The normalized spacial score (nSPS) is 19.5. The van der Waals surface area contributed by atoms with E-state index < -0.39 is 23.7 Å². The molecule has 1 fully saturated rings. The number of hydrazine groups is 1. The zero-order chi connectivity index (χ0) is 16.5. The highest BCUT2D eigenvalue weighted by molar-refractivity contribution is 5.78. The van der Waals surface area contributed by atoms with Gasteiger partial charge in [-0.3, -0.25) is 10.2 Å². The number of carbonyl (C=O) groups excluding carboxylic acids is 1. The first-order chi connectivity index (χ1) is 10.1. The first-order valence-electron chi connectivity index (χ1n) is 6.78. The molecular weight excluding hydrogens is 295 g/mol. The van der Waals surface area contributed by atoms with E-state index in [0.29, 0.717) is 11.1 Å². The monoisotopic (exact) mass is 311 g/mol. The van der Waals surface area contributed by atoms with Crippen molar-refractivity contribution in [3.05, 3.63) is 35.4 Å². The number of nitrogens with zero attached hydrogens (tertiary/aromatic N) is 2. The number of halogens is 3. The Balaban J connectivity index is 2.27. The molecule has 0 spiro atoms. The van der Waals surface area contributed by atoms with Gasteiger partial charge < -0.3 is 0 Å². The quantitative estimate of drug-likeness (QED) is 0.933. The van der Waals surface area contributed by atoms with Gasteiger partial charge in [-0.2, -0.15) is 18.4 Å². The van der Waals surface area contributed by atoms with Gasteiger partial charge in [0.15, 0.2) is 0 Å². The predicted octanol–water partition coefficient (Wildman–Crippen LogP) is 2.55. The molecule has 0 saturated carbocycles. The molecule has 1 saturated heterocycles. The molecule has 0 radical (unpaired) electrons. The Morgan fingerprint density at radius 1 is 1.36 bits per heavy atom. The lowest BCUT2D eigenvalue weighted by Crippen LogP contribution is -2.57. The van der Waals surface area contributed by atoms with Gasteiger partial charge in [-0.25, -0.2) is 5.01 Å². The Morgan fingerprint density at radius 2 is 1.95 bits per heavy atom. The summed E-state index contributed by atoms with van der Waals surface area (Å²) >= 11 is 0. The Morgan fingerprint density at radius 3 is 2.36 bits per heavy atom. The number of rotatable bonds is 3. The molecule has 1 heterocycles. The fraction of sp³-hybridized carbons (Fsp3) is 0.467. The van der Waals surface area contributed by atoms with E-state index in [4.69, 9.17) is 5.26 Å². The second-order valence-electron chi connectivity index (χ2n) is 5.96. The minimum Gasteiger partial charge on any atom is -0.288 e. The molecule has 118 valence electrons. The van der Waals surface area contributed by atoms with Gasteiger partial charge in [0, 0.05) is 12.0 Å². The van der Waals surface area contributed by atoms with Crippen molar-refractivity contribution >= 4 is 5.91 Å². The van der Waals surface area contributed by atoms with Crippen LogP contribution in [0.1, 0.15) is 31.4 Å². The van der Waals surface area contributed by atoms with E-state index in [1.165, 1.54) is 24.3 Å². The summed E-state index contributed by atoms with van der Waals surface area (Å²) in [7, 11) is 0. The van der Waals surface area contributed by atoms with Crippen LogP contribution in [0.25, 0.3) is 0 Å². The third-order valence-corrected chi connectivity index (χ3v) is 3.69. The van der Waals surface area contributed by atoms with Crippen molar-refractivity contribution < 1.29 is 18.0 Å². The lowest BCUT2D eigenvalue weighted by atomic mass is 9.97. The Kier molecular flexibility index (Phi) is 4.16. The van der Waals surface area contributed by atoms with Crippen LogP contribution in [0.2, 0.25) is 0 Å². The number of nitrogens with one attached hydrogen (secondary N) is 1. The molecular formula is C15H16F3N3O. The smallest absolute Gasteiger partial charge is 0.288 e. The van der Waals surface area contributed by atoms with Crippen molar-refractivity contribution in [2.45, 2.75) is 44.4 Å². The van der Waals surface area contributed by atoms with Crippen molar-refractivity contribution in [3.8, 4) is 6.07 Å². The summed E-state index contributed by atoms with van der Waals surface area (Å²) in [6, 6.07) is 6.07. The lowest BCUT2D eigenvalue weighted by molar-refractivity contribution is -0.200. The van der Waals surface area contributed by atoms with E-state index in [9.17, 15) is 18.0 Å². The van der Waals surface area contributed by atoms with Crippen molar-refractivity contribution in [1.29, 1.82) is 5.26 Å².